The van der Waals surface area contributed by atoms with Gasteiger partial charge in [0.15, 0.2) is 5.82 Å². The molecule has 8 heteroatoms. The zero-order valence-electron chi connectivity index (χ0n) is 14.7. The Morgan fingerprint density at radius 2 is 1.96 bits per heavy atom. The van der Waals surface area contributed by atoms with Crippen LogP contribution in [-0.4, -0.2) is 42.1 Å². The Labute approximate surface area is 148 Å². The van der Waals surface area contributed by atoms with E-state index in [0.717, 1.165) is 24.0 Å². The number of aryl methyl sites for hydroxylation is 3. The summed E-state index contributed by atoms with van der Waals surface area (Å²) in [4.78, 5) is 4.44. The van der Waals surface area contributed by atoms with Gasteiger partial charge in [0.25, 0.3) is 5.89 Å². The minimum Gasteiger partial charge on any atom is -0.367 e. The SMILES string of the molecule is Cc1cc(C)cc(S(=O)(=O)N2CCCC(OCc3nc(C)no3)C2)c1. The standard InChI is InChI=1S/C17H23N3O4S/c1-12-7-13(2)9-16(8-12)25(21,22)20-6-4-5-15(10-20)23-11-17-18-14(3)19-24-17/h7-9,15H,4-6,10-11H2,1-3H3. The highest BCUT2D eigenvalue weighted by atomic mass is 32.2. The minimum atomic E-state index is -3.52. The molecule has 0 aliphatic carbocycles. The molecule has 1 unspecified atom stereocenters. The molecule has 2 heterocycles. The number of aromatic nitrogens is 2. The van der Waals surface area contributed by atoms with Crippen molar-refractivity contribution in [2.75, 3.05) is 13.1 Å². The number of piperidine rings is 1. The molecular formula is C17H23N3O4S. The lowest BCUT2D eigenvalue weighted by atomic mass is 10.1. The highest BCUT2D eigenvalue weighted by Gasteiger charge is 2.31. The second kappa shape index (κ2) is 7.23. The molecule has 1 aromatic heterocycles. The van der Waals surface area contributed by atoms with Crippen LogP contribution in [0.5, 0.6) is 0 Å². The number of rotatable bonds is 5. The predicted molar refractivity (Wildman–Crippen MR) is 91.5 cm³/mol. The van der Waals surface area contributed by atoms with Gasteiger partial charge in [-0.2, -0.15) is 9.29 Å². The van der Waals surface area contributed by atoms with Crippen LogP contribution in [0, 0.1) is 20.8 Å². The molecule has 136 valence electrons. The lowest BCUT2D eigenvalue weighted by Crippen LogP contribution is -2.43. The normalized spacial score (nSPS) is 19.2. The molecule has 0 bridgehead atoms. The van der Waals surface area contributed by atoms with Crippen LogP contribution in [0.4, 0.5) is 0 Å². The van der Waals surface area contributed by atoms with Gasteiger partial charge in [0.2, 0.25) is 10.0 Å². The van der Waals surface area contributed by atoms with Gasteiger partial charge in [0.1, 0.15) is 6.61 Å². The molecule has 0 N–H and O–H groups in total. The number of ether oxygens (including phenoxy) is 1. The van der Waals surface area contributed by atoms with E-state index in [2.05, 4.69) is 10.1 Å². The Kier molecular flexibility index (Phi) is 5.21. The maximum atomic E-state index is 12.9. The molecule has 1 aliphatic heterocycles. The molecule has 0 saturated carbocycles. The van der Waals surface area contributed by atoms with Gasteiger partial charge in [-0.15, -0.1) is 0 Å². The summed E-state index contributed by atoms with van der Waals surface area (Å²) in [5.74, 6) is 0.966. The molecule has 0 amide bonds. The predicted octanol–water partition coefficient (Wildman–Crippen LogP) is 2.36. The zero-order chi connectivity index (χ0) is 18.0. The van der Waals surface area contributed by atoms with E-state index in [9.17, 15) is 8.42 Å². The van der Waals surface area contributed by atoms with Crippen LogP contribution >= 0.6 is 0 Å². The number of benzene rings is 1. The molecular weight excluding hydrogens is 342 g/mol. The van der Waals surface area contributed by atoms with Gasteiger partial charge in [-0.05, 0) is 56.9 Å². The fraction of sp³-hybridized carbons (Fsp3) is 0.529. The van der Waals surface area contributed by atoms with Gasteiger partial charge < -0.3 is 9.26 Å². The third-order valence-electron chi connectivity index (χ3n) is 4.19. The average molecular weight is 365 g/mol. The third-order valence-corrected chi connectivity index (χ3v) is 6.03. The van der Waals surface area contributed by atoms with Gasteiger partial charge >= 0.3 is 0 Å². The lowest BCUT2D eigenvalue weighted by molar-refractivity contribution is -0.00296. The van der Waals surface area contributed by atoms with Crippen LogP contribution < -0.4 is 0 Å². The van der Waals surface area contributed by atoms with Gasteiger partial charge in [-0.25, -0.2) is 8.42 Å². The number of hydrogen-bond acceptors (Lipinski definition) is 6. The molecule has 1 aromatic carbocycles. The van der Waals surface area contributed by atoms with E-state index in [1.54, 1.807) is 19.1 Å². The van der Waals surface area contributed by atoms with E-state index in [1.807, 2.05) is 19.9 Å². The summed E-state index contributed by atoms with van der Waals surface area (Å²) in [6.45, 7) is 6.59. The van der Waals surface area contributed by atoms with Crippen molar-refractivity contribution in [3.63, 3.8) is 0 Å². The van der Waals surface area contributed by atoms with Gasteiger partial charge in [-0.3, -0.25) is 0 Å². The van der Waals surface area contributed by atoms with Crippen molar-refractivity contribution in [2.24, 2.45) is 0 Å². The van der Waals surface area contributed by atoms with E-state index in [0.29, 0.717) is 29.7 Å². The smallest absolute Gasteiger partial charge is 0.252 e. The summed E-state index contributed by atoms with van der Waals surface area (Å²) in [6.07, 6.45) is 1.39. The van der Waals surface area contributed by atoms with Crippen molar-refractivity contribution in [1.82, 2.24) is 14.4 Å². The lowest BCUT2D eigenvalue weighted by Gasteiger charge is -2.31. The van der Waals surface area contributed by atoms with E-state index in [4.69, 9.17) is 9.26 Å². The first-order chi connectivity index (χ1) is 11.8. The largest absolute Gasteiger partial charge is 0.367 e. The summed E-state index contributed by atoms with van der Waals surface area (Å²) in [7, 11) is -3.52. The topological polar surface area (TPSA) is 85.5 Å². The highest BCUT2D eigenvalue weighted by Crippen LogP contribution is 2.24. The van der Waals surface area contributed by atoms with Crippen molar-refractivity contribution in [3.8, 4) is 0 Å². The van der Waals surface area contributed by atoms with Crippen LogP contribution in [0.25, 0.3) is 0 Å². The van der Waals surface area contributed by atoms with E-state index in [1.165, 1.54) is 4.31 Å². The monoisotopic (exact) mass is 365 g/mol. The fourth-order valence-corrected chi connectivity index (χ4v) is 4.78. The summed E-state index contributed by atoms with van der Waals surface area (Å²) in [5, 5.41) is 3.72. The molecule has 0 spiro atoms. The molecule has 7 nitrogen and oxygen atoms in total. The Morgan fingerprint density at radius 3 is 2.60 bits per heavy atom. The highest BCUT2D eigenvalue weighted by molar-refractivity contribution is 7.89. The first-order valence-electron chi connectivity index (χ1n) is 8.34. The second-order valence-electron chi connectivity index (χ2n) is 6.50. The van der Waals surface area contributed by atoms with E-state index < -0.39 is 10.0 Å². The molecule has 1 saturated heterocycles. The van der Waals surface area contributed by atoms with Crippen molar-refractivity contribution >= 4 is 10.0 Å². The molecule has 1 aliphatic rings. The van der Waals surface area contributed by atoms with Gasteiger partial charge in [0.05, 0.1) is 11.0 Å². The van der Waals surface area contributed by atoms with Crippen LogP contribution in [0.2, 0.25) is 0 Å². The van der Waals surface area contributed by atoms with Crippen LogP contribution in [-0.2, 0) is 21.4 Å². The van der Waals surface area contributed by atoms with Crippen molar-refractivity contribution < 1.29 is 17.7 Å². The molecule has 2 aromatic rings. The summed E-state index contributed by atoms with van der Waals surface area (Å²) in [5.41, 5.74) is 1.88. The Bertz CT molecular complexity index is 827. The maximum absolute atomic E-state index is 12.9. The minimum absolute atomic E-state index is 0.179. The summed E-state index contributed by atoms with van der Waals surface area (Å²) < 4.78 is 38.2. The number of nitrogens with zero attached hydrogens (tertiary/aromatic N) is 3. The Balaban J connectivity index is 1.69. The molecule has 0 radical (unpaired) electrons. The first kappa shape index (κ1) is 18.0. The van der Waals surface area contributed by atoms with E-state index in [-0.39, 0.29) is 12.7 Å². The maximum Gasteiger partial charge on any atom is 0.252 e. The zero-order valence-corrected chi connectivity index (χ0v) is 15.5. The van der Waals surface area contributed by atoms with Crippen LogP contribution in [0.3, 0.4) is 0 Å². The van der Waals surface area contributed by atoms with Gasteiger partial charge in [0, 0.05) is 13.1 Å². The summed E-state index contributed by atoms with van der Waals surface area (Å²) in [6, 6.07) is 5.40. The third kappa shape index (κ3) is 4.26. The first-order valence-corrected chi connectivity index (χ1v) is 9.78. The summed E-state index contributed by atoms with van der Waals surface area (Å²) >= 11 is 0. The van der Waals surface area contributed by atoms with Crippen molar-refractivity contribution in [2.45, 2.75) is 51.2 Å². The Hall–Kier alpha value is -1.77. The molecule has 1 fully saturated rings. The van der Waals surface area contributed by atoms with Crippen LogP contribution in [0.15, 0.2) is 27.6 Å². The van der Waals surface area contributed by atoms with Gasteiger partial charge in [-0.1, -0.05) is 11.2 Å². The van der Waals surface area contributed by atoms with Crippen LogP contribution in [0.1, 0.15) is 35.7 Å². The molecule has 3 rings (SSSR count). The second-order valence-corrected chi connectivity index (χ2v) is 8.43. The fourth-order valence-electron chi connectivity index (χ4n) is 3.08. The Morgan fingerprint density at radius 1 is 1.24 bits per heavy atom. The van der Waals surface area contributed by atoms with Crippen molar-refractivity contribution in [3.05, 3.63) is 41.0 Å². The molecule has 1 atom stereocenters. The molecule has 25 heavy (non-hydrogen) atoms. The number of sulfonamides is 1. The quantitative estimate of drug-likeness (QED) is 0.809. The number of hydrogen-bond donors (Lipinski definition) is 0. The average Bonchev–Trinajstić information content (AvgIpc) is 2.98. The van der Waals surface area contributed by atoms with E-state index >= 15 is 0 Å². The van der Waals surface area contributed by atoms with Crippen molar-refractivity contribution in [1.29, 1.82) is 0 Å².